The molecule has 0 heterocycles. The molecule has 0 spiro atoms. The molecule has 5 heteroatoms. The van der Waals surface area contributed by atoms with Crippen LogP contribution in [0.5, 0.6) is 0 Å². The van der Waals surface area contributed by atoms with Crippen molar-refractivity contribution in [3.8, 4) is 0 Å². The fourth-order valence-electron chi connectivity index (χ4n) is 1.46. The molecule has 94 valence electrons. The predicted octanol–water partition coefficient (Wildman–Crippen LogP) is 4.43. The van der Waals surface area contributed by atoms with Gasteiger partial charge in [-0.25, -0.2) is 0 Å². The topological polar surface area (TPSA) is 26.0 Å². The van der Waals surface area contributed by atoms with Crippen molar-refractivity contribution in [2.75, 3.05) is 0 Å². The zero-order chi connectivity index (χ0) is 13.1. The number of rotatable bonds is 4. The number of benzene rings is 1. The summed E-state index contributed by atoms with van der Waals surface area (Å²) >= 11 is 3.22. The van der Waals surface area contributed by atoms with Gasteiger partial charge in [0.05, 0.1) is 5.56 Å². The monoisotopic (exact) mass is 307 g/mol. The summed E-state index contributed by atoms with van der Waals surface area (Å²) in [6.07, 6.45) is -1.40. The molecule has 0 aromatic heterocycles. The van der Waals surface area contributed by atoms with E-state index in [4.69, 9.17) is 5.73 Å². The fourth-order valence-corrected chi connectivity index (χ4v) is 2.00. The van der Waals surface area contributed by atoms with Gasteiger partial charge in [-0.1, -0.05) is 22.0 Å². The van der Waals surface area contributed by atoms with Gasteiger partial charge in [0.1, 0.15) is 0 Å². The molecule has 0 amide bonds. The number of hydrogen-bond acceptors (Lipinski definition) is 1. The largest absolute Gasteiger partial charge is 0.416 e. The van der Waals surface area contributed by atoms with Gasteiger partial charge in [0, 0.05) is 10.5 Å². The van der Waals surface area contributed by atoms with E-state index < -0.39 is 17.8 Å². The van der Waals surface area contributed by atoms with Gasteiger partial charge in [-0.05, 0) is 36.6 Å². The Morgan fingerprint density at radius 2 is 2.06 bits per heavy atom. The third-order valence-electron chi connectivity index (χ3n) is 2.40. The Labute approximate surface area is 107 Å². The summed E-state index contributed by atoms with van der Waals surface area (Å²) in [4.78, 5) is 0. The molecule has 0 fully saturated rings. The Kier molecular flexibility index (Phi) is 4.77. The molecule has 1 nitrogen and oxygen atoms in total. The highest BCUT2D eigenvalue weighted by molar-refractivity contribution is 9.10. The molecule has 0 saturated heterocycles. The zero-order valence-corrected chi connectivity index (χ0v) is 10.7. The van der Waals surface area contributed by atoms with Gasteiger partial charge in [-0.2, -0.15) is 13.2 Å². The van der Waals surface area contributed by atoms with E-state index in [-0.39, 0.29) is 0 Å². The molecule has 0 aliphatic carbocycles. The highest BCUT2D eigenvalue weighted by atomic mass is 79.9. The molecule has 2 N–H and O–H groups in total. The van der Waals surface area contributed by atoms with Crippen LogP contribution in [0.1, 0.15) is 30.0 Å². The maximum atomic E-state index is 12.5. The average Bonchev–Trinajstić information content (AvgIpc) is 2.24. The Hall–Kier alpha value is -0.810. The van der Waals surface area contributed by atoms with Crippen molar-refractivity contribution >= 4 is 15.9 Å². The van der Waals surface area contributed by atoms with E-state index in [0.29, 0.717) is 22.9 Å². The van der Waals surface area contributed by atoms with Gasteiger partial charge in [0.15, 0.2) is 0 Å². The van der Waals surface area contributed by atoms with Crippen LogP contribution < -0.4 is 5.73 Å². The molecule has 0 aliphatic heterocycles. The molecular formula is C12H13BrF3N. The SMILES string of the molecule is C=CCCC(N)c1cc(C(F)(F)F)ccc1Br. The van der Waals surface area contributed by atoms with Crippen LogP contribution in [-0.2, 0) is 6.18 Å². The molecule has 0 radical (unpaired) electrons. The van der Waals surface area contributed by atoms with E-state index in [1.54, 1.807) is 6.08 Å². The second kappa shape index (κ2) is 5.69. The lowest BCUT2D eigenvalue weighted by atomic mass is 10.0. The smallest absolute Gasteiger partial charge is 0.324 e. The van der Waals surface area contributed by atoms with Gasteiger partial charge in [0.25, 0.3) is 0 Å². The Balaban J connectivity index is 3.02. The number of nitrogens with two attached hydrogens (primary N) is 1. The van der Waals surface area contributed by atoms with Crippen molar-refractivity contribution in [2.45, 2.75) is 25.1 Å². The minimum absolute atomic E-state index is 0.426. The van der Waals surface area contributed by atoms with Crippen molar-refractivity contribution in [2.24, 2.45) is 5.73 Å². The molecule has 1 aromatic carbocycles. The minimum atomic E-state index is -4.34. The fraction of sp³-hybridized carbons (Fsp3) is 0.333. The lowest BCUT2D eigenvalue weighted by molar-refractivity contribution is -0.137. The number of halogens is 4. The molecule has 17 heavy (non-hydrogen) atoms. The third-order valence-corrected chi connectivity index (χ3v) is 3.13. The second-order valence-corrected chi connectivity index (χ2v) is 4.56. The second-order valence-electron chi connectivity index (χ2n) is 3.71. The summed E-state index contributed by atoms with van der Waals surface area (Å²) in [6, 6.07) is 3.09. The summed E-state index contributed by atoms with van der Waals surface area (Å²) in [5, 5.41) is 0. The highest BCUT2D eigenvalue weighted by Gasteiger charge is 2.31. The van der Waals surface area contributed by atoms with Gasteiger partial charge in [-0.15, -0.1) is 6.58 Å². The first-order valence-electron chi connectivity index (χ1n) is 5.09. The van der Waals surface area contributed by atoms with Gasteiger partial charge < -0.3 is 5.73 Å². The average molecular weight is 308 g/mol. The maximum absolute atomic E-state index is 12.5. The summed E-state index contributed by atoms with van der Waals surface area (Å²) < 4.78 is 38.2. The van der Waals surface area contributed by atoms with Crippen molar-refractivity contribution in [1.29, 1.82) is 0 Å². The first-order chi connectivity index (χ1) is 7.86. The molecule has 1 atom stereocenters. The van der Waals surface area contributed by atoms with Crippen LogP contribution in [0, 0.1) is 0 Å². The lowest BCUT2D eigenvalue weighted by Gasteiger charge is -2.15. The quantitative estimate of drug-likeness (QED) is 0.818. The first kappa shape index (κ1) is 14.3. The summed E-state index contributed by atoms with van der Waals surface area (Å²) in [7, 11) is 0. The van der Waals surface area contributed by atoms with Crippen molar-refractivity contribution < 1.29 is 13.2 Å². The molecule has 1 aromatic rings. The normalized spacial score (nSPS) is 13.5. The predicted molar refractivity (Wildman–Crippen MR) is 65.5 cm³/mol. The molecule has 0 aliphatic rings. The number of hydrogen-bond donors (Lipinski definition) is 1. The van der Waals surface area contributed by atoms with Crippen molar-refractivity contribution in [3.63, 3.8) is 0 Å². The summed E-state index contributed by atoms with van der Waals surface area (Å²) in [5.41, 5.74) is 5.65. The van der Waals surface area contributed by atoms with E-state index in [1.165, 1.54) is 6.07 Å². The molecule has 0 saturated carbocycles. The van der Waals surface area contributed by atoms with Gasteiger partial charge in [0.2, 0.25) is 0 Å². The Morgan fingerprint density at radius 1 is 1.41 bits per heavy atom. The first-order valence-corrected chi connectivity index (χ1v) is 5.88. The van der Waals surface area contributed by atoms with Crippen molar-refractivity contribution in [1.82, 2.24) is 0 Å². The maximum Gasteiger partial charge on any atom is 0.416 e. The van der Waals surface area contributed by atoms with E-state index in [0.717, 1.165) is 12.1 Å². The van der Waals surface area contributed by atoms with Crippen LogP contribution >= 0.6 is 15.9 Å². The van der Waals surface area contributed by atoms with Crippen LogP contribution in [-0.4, -0.2) is 0 Å². The van der Waals surface area contributed by atoms with Crippen LogP contribution in [0.4, 0.5) is 13.2 Å². The highest BCUT2D eigenvalue weighted by Crippen LogP contribution is 2.34. The lowest BCUT2D eigenvalue weighted by Crippen LogP contribution is -2.13. The van der Waals surface area contributed by atoms with Crippen LogP contribution in [0.25, 0.3) is 0 Å². The summed E-state index contributed by atoms with van der Waals surface area (Å²) in [5.74, 6) is 0. The minimum Gasteiger partial charge on any atom is -0.324 e. The van der Waals surface area contributed by atoms with Gasteiger partial charge >= 0.3 is 6.18 Å². The van der Waals surface area contributed by atoms with Crippen molar-refractivity contribution in [3.05, 3.63) is 46.5 Å². The molecule has 1 rings (SSSR count). The molecular weight excluding hydrogens is 295 g/mol. The standard InChI is InChI=1S/C12H13BrF3N/c1-2-3-4-11(17)9-7-8(12(14,15)16)5-6-10(9)13/h2,5-7,11H,1,3-4,17H2. The van der Waals surface area contributed by atoms with Gasteiger partial charge in [-0.3, -0.25) is 0 Å². The summed E-state index contributed by atoms with van der Waals surface area (Å²) in [6.45, 7) is 3.56. The van der Waals surface area contributed by atoms with E-state index in [9.17, 15) is 13.2 Å². The van der Waals surface area contributed by atoms with Crippen LogP contribution in [0.3, 0.4) is 0 Å². The van der Waals surface area contributed by atoms with E-state index in [2.05, 4.69) is 22.5 Å². The van der Waals surface area contributed by atoms with Crippen LogP contribution in [0.2, 0.25) is 0 Å². The van der Waals surface area contributed by atoms with E-state index in [1.807, 2.05) is 0 Å². The zero-order valence-electron chi connectivity index (χ0n) is 9.10. The third kappa shape index (κ3) is 3.85. The van der Waals surface area contributed by atoms with E-state index >= 15 is 0 Å². The molecule has 0 bridgehead atoms. The number of alkyl halides is 3. The van der Waals surface area contributed by atoms with Crippen LogP contribution in [0.15, 0.2) is 35.3 Å². The molecule has 1 unspecified atom stereocenters. The number of allylic oxidation sites excluding steroid dienone is 1. The Bertz CT molecular complexity index is 401. The Morgan fingerprint density at radius 3 is 2.59 bits per heavy atom.